The van der Waals surface area contributed by atoms with Crippen LogP contribution in [0.2, 0.25) is 0 Å². The maximum absolute atomic E-state index is 12.1. The molecule has 0 saturated carbocycles. The van der Waals surface area contributed by atoms with Crippen LogP contribution in [0, 0.1) is 11.8 Å². The largest absolute Gasteiger partial charge is 0.342 e. The van der Waals surface area contributed by atoms with E-state index in [4.69, 9.17) is 0 Å². The predicted octanol–water partition coefficient (Wildman–Crippen LogP) is 0.854. The fourth-order valence-corrected chi connectivity index (χ4v) is 2.49. The third kappa shape index (κ3) is 1.92. The van der Waals surface area contributed by atoms with Gasteiger partial charge in [-0.2, -0.15) is 0 Å². The fraction of sp³-hybridized carbons (Fsp3) is 0.909. The Morgan fingerprint density at radius 2 is 2.07 bits per heavy atom. The zero-order chi connectivity index (χ0) is 9.97. The number of nitrogens with one attached hydrogen (secondary N) is 1. The first-order valence-electron chi connectivity index (χ1n) is 5.78. The summed E-state index contributed by atoms with van der Waals surface area (Å²) < 4.78 is 0. The van der Waals surface area contributed by atoms with Crippen molar-refractivity contribution >= 4 is 5.91 Å². The van der Waals surface area contributed by atoms with Gasteiger partial charge in [0.25, 0.3) is 0 Å². The van der Waals surface area contributed by atoms with Crippen molar-refractivity contribution in [2.45, 2.75) is 26.2 Å². The van der Waals surface area contributed by atoms with Gasteiger partial charge in [-0.05, 0) is 31.7 Å². The molecule has 3 heteroatoms. The van der Waals surface area contributed by atoms with E-state index < -0.39 is 0 Å². The zero-order valence-electron chi connectivity index (χ0n) is 8.96. The molecule has 14 heavy (non-hydrogen) atoms. The molecule has 0 aromatic rings. The summed E-state index contributed by atoms with van der Waals surface area (Å²) in [5.41, 5.74) is 0. The lowest BCUT2D eigenvalue weighted by Crippen LogP contribution is -2.45. The monoisotopic (exact) mass is 196 g/mol. The van der Waals surface area contributed by atoms with Gasteiger partial charge < -0.3 is 10.2 Å². The molecule has 2 saturated heterocycles. The molecule has 1 N–H and O–H groups in total. The van der Waals surface area contributed by atoms with Crippen molar-refractivity contribution in [3.05, 3.63) is 0 Å². The van der Waals surface area contributed by atoms with Crippen LogP contribution in [-0.2, 0) is 4.79 Å². The first kappa shape index (κ1) is 9.97. The van der Waals surface area contributed by atoms with Crippen LogP contribution in [0.25, 0.3) is 0 Å². The average molecular weight is 196 g/mol. The molecule has 0 aromatic carbocycles. The third-order valence-corrected chi connectivity index (χ3v) is 3.56. The maximum atomic E-state index is 12.1. The van der Waals surface area contributed by atoms with Crippen molar-refractivity contribution in [3.63, 3.8) is 0 Å². The number of carbonyl (C=O) groups is 1. The van der Waals surface area contributed by atoms with Crippen molar-refractivity contribution in [1.82, 2.24) is 10.2 Å². The van der Waals surface area contributed by atoms with Gasteiger partial charge in [-0.3, -0.25) is 4.79 Å². The Labute approximate surface area is 85.8 Å². The zero-order valence-corrected chi connectivity index (χ0v) is 8.96. The molecule has 2 rings (SSSR count). The first-order valence-corrected chi connectivity index (χ1v) is 5.78. The Morgan fingerprint density at radius 3 is 2.71 bits per heavy atom. The Hall–Kier alpha value is -0.570. The Morgan fingerprint density at radius 1 is 1.36 bits per heavy atom. The van der Waals surface area contributed by atoms with Crippen LogP contribution in [0.1, 0.15) is 26.2 Å². The molecule has 2 fully saturated rings. The lowest BCUT2D eigenvalue weighted by molar-refractivity contribution is -0.136. The number of likely N-dealkylation sites (tertiary alicyclic amines) is 1. The highest BCUT2D eigenvalue weighted by atomic mass is 16.2. The molecule has 0 radical (unpaired) electrons. The summed E-state index contributed by atoms with van der Waals surface area (Å²) in [6.45, 7) is 6.14. The molecule has 0 aliphatic carbocycles. The van der Waals surface area contributed by atoms with Gasteiger partial charge in [0.1, 0.15) is 0 Å². The molecule has 2 atom stereocenters. The minimum atomic E-state index is 0.238. The molecule has 3 nitrogen and oxygen atoms in total. The molecule has 1 amide bonds. The number of hydrogen-bond acceptors (Lipinski definition) is 2. The van der Waals surface area contributed by atoms with Crippen LogP contribution in [-0.4, -0.2) is 37.0 Å². The molecule has 80 valence electrons. The number of carbonyl (C=O) groups excluding carboxylic acids is 1. The fourth-order valence-electron chi connectivity index (χ4n) is 2.49. The normalized spacial score (nSPS) is 33.4. The van der Waals surface area contributed by atoms with Crippen molar-refractivity contribution < 1.29 is 4.79 Å². The Balaban J connectivity index is 1.94. The average Bonchev–Trinajstić information content (AvgIpc) is 2.70. The number of rotatable bonds is 1. The molecule has 0 spiro atoms. The first-order chi connectivity index (χ1) is 6.79. The topological polar surface area (TPSA) is 32.3 Å². The van der Waals surface area contributed by atoms with Crippen LogP contribution in [0.3, 0.4) is 0 Å². The number of piperidine rings is 1. The molecule has 0 aromatic heterocycles. The molecular weight excluding hydrogens is 176 g/mol. The number of amides is 1. The van der Waals surface area contributed by atoms with Crippen LogP contribution in [0.5, 0.6) is 0 Å². The molecule has 2 heterocycles. The van der Waals surface area contributed by atoms with Gasteiger partial charge in [0.2, 0.25) is 5.91 Å². The minimum Gasteiger partial charge on any atom is -0.342 e. The van der Waals surface area contributed by atoms with Gasteiger partial charge >= 0.3 is 0 Å². The van der Waals surface area contributed by atoms with E-state index in [-0.39, 0.29) is 5.92 Å². The van der Waals surface area contributed by atoms with Gasteiger partial charge in [-0.25, -0.2) is 0 Å². The molecule has 0 unspecified atom stereocenters. The number of hydrogen-bond donors (Lipinski definition) is 1. The van der Waals surface area contributed by atoms with Crippen molar-refractivity contribution in [2.75, 3.05) is 26.2 Å². The summed E-state index contributed by atoms with van der Waals surface area (Å²) in [5, 5.41) is 3.32. The van der Waals surface area contributed by atoms with E-state index in [2.05, 4.69) is 12.2 Å². The summed E-state index contributed by atoms with van der Waals surface area (Å²) in [7, 11) is 0. The quantitative estimate of drug-likeness (QED) is 0.674. The summed E-state index contributed by atoms with van der Waals surface area (Å²) in [6, 6.07) is 0. The SMILES string of the molecule is C[C@@H]1CCNC[C@H]1C(=O)N1CCCC1. The third-order valence-electron chi connectivity index (χ3n) is 3.56. The van der Waals surface area contributed by atoms with Crippen molar-refractivity contribution in [3.8, 4) is 0 Å². The van der Waals surface area contributed by atoms with Crippen molar-refractivity contribution in [1.29, 1.82) is 0 Å². The van der Waals surface area contributed by atoms with E-state index in [1.54, 1.807) is 0 Å². The van der Waals surface area contributed by atoms with Gasteiger partial charge in [0, 0.05) is 19.6 Å². The van der Waals surface area contributed by atoms with Gasteiger partial charge in [-0.1, -0.05) is 6.92 Å². The lowest BCUT2D eigenvalue weighted by Gasteiger charge is -2.31. The highest BCUT2D eigenvalue weighted by molar-refractivity contribution is 5.79. The van der Waals surface area contributed by atoms with Crippen LogP contribution in [0.15, 0.2) is 0 Å². The minimum absolute atomic E-state index is 0.238. The van der Waals surface area contributed by atoms with Crippen molar-refractivity contribution in [2.24, 2.45) is 11.8 Å². The van der Waals surface area contributed by atoms with Crippen LogP contribution >= 0.6 is 0 Å². The van der Waals surface area contributed by atoms with E-state index in [1.807, 2.05) is 4.90 Å². The summed E-state index contributed by atoms with van der Waals surface area (Å²) in [6.07, 6.45) is 3.53. The number of nitrogens with zero attached hydrogens (tertiary/aromatic N) is 1. The molecule has 0 bridgehead atoms. The Kier molecular flexibility index (Phi) is 3.06. The van der Waals surface area contributed by atoms with Gasteiger partial charge in [0.15, 0.2) is 0 Å². The summed E-state index contributed by atoms with van der Waals surface area (Å²) in [4.78, 5) is 14.1. The van der Waals surface area contributed by atoms with E-state index in [9.17, 15) is 4.79 Å². The molecular formula is C11H20N2O. The van der Waals surface area contributed by atoms with E-state index in [0.717, 1.165) is 32.6 Å². The van der Waals surface area contributed by atoms with Gasteiger partial charge in [0.05, 0.1) is 5.92 Å². The maximum Gasteiger partial charge on any atom is 0.227 e. The second kappa shape index (κ2) is 4.30. The van der Waals surface area contributed by atoms with Crippen LogP contribution in [0.4, 0.5) is 0 Å². The van der Waals surface area contributed by atoms with E-state index in [1.165, 1.54) is 12.8 Å². The summed E-state index contributed by atoms with van der Waals surface area (Å²) >= 11 is 0. The highest BCUT2D eigenvalue weighted by Gasteiger charge is 2.31. The summed E-state index contributed by atoms with van der Waals surface area (Å²) in [5.74, 6) is 1.19. The highest BCUT2D eigenvalue weighted by Crippen LogP contribution is 2.22. The van der Waals surface area contributed by atoms with E-state index in [0.29, 0.717) is 11.8 Å². The van der Waals surface area contributed by atoms with Gasteiger partial charge in [-0.15, -0.1) is 0 Å². The standard InChI is InChI=1S/C11H20N2O/c1-9-4-5-12-8-10(9)11(14)13-6-2-3-7-13/h9-10,12H,2-8H2,1H3/t9-,10-/m1/s1. The molecule has 2 aliphatic rings. The second-order valence-electron chi connectivity index (χ2n) is 4.61. The smallest absolute Gasteiger partial charge is 0.227 e. The van der Waals surface area contributed by atoms with E-state index >= 15 is 0 Å². The lowest BCUT2D eigenvalue weighted by atomic mass is 9.87. The predicted molar refractivity (Wildman–Crippen MR) is 56.0 cm³/mol. The Bertz CT molecular complexity index is 211. The van der Waals surface area contributed by atoms with Crippen LogP contribution < -0.4 is 5.32 Å². The second-order valence-corrected chi connectivity index (χ2v) is 4.61. The molecule has 2 aliphatic heterocycles.